The van der Waals surface area contributed by atoms with Crippen molar-refractivity contribution in [3.8, 4) is 5.75 Å². The normalized spacial score (nSPS) is 11.8. The van der Waals surface area contributed by atoms with Crippen molar-refractivity contribution < 1.29 is 13.9 Å². The number of rotatable bonds is 6. The van der Waals surface area contributed by atoms with Gasteiger partial charge < -0.3 is 10.1 Å². The molecule has 4 heteroatoms. The van der Waals surface area contributed by atoms with Crippen molar-refractivity contribution >= 4 is 5.91 Å². The van der Waals surface area contributed by atoms with Gasteiger partial charge in [0, 0.05) is 6.54 Å². The van der Waals surface area contributed by atoms with Crippen LogP contribution in [0.5, 0.6) is 5.75 Å². The molecule has 1 N–H and O–H groups in total. The lowest BCUT2D eigenvalue weighted by molar-refractivity contribution is -0.127. The van der Waals surface area contributed by atoms with Crippen molar-refractivity contribution in [1.29, 1.82) is 0 Å². The van der Waals surface area contributed by atoms with Gasteiger partial charge in [-0.1, -0.05) is 29.8 Å². The first-order valence-electron chi connectivity index (χ1n) is 7.30. The number of carbonyl (C=O) groups excluding carboxylic acids is 1. The van der Waals surface area contributed by atoms with Gasteiger partial charge in [-0.2, -0.15) is 0 Å². The van der Waals surface area contributed by atoms with Gasteiger partial charge in [-0.15, -0.1) is 0 Å². The summed E-state index contributed by atoms with van der Waals surface area (Å²) in [5.41, 5.74) is 2.12. The molecule has 2 rings (SSSR count). The van der Waals surface area contributed by atoms with Crippen LogP contribution in [0.15, 0.2) is 48.5 Å². The molecule has 0 aliphatic heterocycles. The molecule has 1 atom stereocenters. The number of amides is 1. The fourth-order valence-corrected chi connectivity index (χ4v) is 2.00. The van der Waals surface area contributed by atoms with E-state index in [1.807, 2.05) is 31.2 Å². The molecule has 0 heterocycles. The monoisotopic (exact) mass is 301 g/mol. The number of aryl methyl sites for hydroxylation is 1. The highest BCUT2D eigenvalue weighted by atomic mass is 19.1. The molecule has 2 aromatic carbocycles. The minimum absolute atomic E-state index is 0.164. The average Bonchev–Trinajstić information content (AvgIpc) is 2.51. The van der Waals surface area contributed by atoms with Crippen molar-refractivity contribution in [3.05, 3.63) is 65.5 Å². The summed E-state index contributed by atoms with van der Waals surface area (Å²) in [6.45, 7) is 4.20. The Balaban J connectivity index is 1.76. The Morgan fingerprint density at radius 2 is 1.77 bits per heavy atom. The summed E-state index contributed by atoms with van der Waals surface area (Å²) in [5.74, 6) is 0.252. The van der Waals surface area contributed by atoms with E-state index in [4.69, 9.17) is 4.74 Å². The van der Waals surface area contributed by atoms with Gasteiger partial charge in [0.15, 0.2) is 6.10 Å². The van der Waals surface area contributed by atoms with E-state index in [9.17, 15) is 9.18 Å². The molecule has 0 bridgehead atoms. The molecule has 22 heavy (non-hydrogen) atoms. The number of carbonyl (C=O) groups is 1. The molecule has 1 amide bonds. The molecule has 0 saturated carbocycles. The van der Waals surface area contributed by atoms with E-state index in [0.717, 1.165) is 11.1 Å². The van der Waals surface area contributed by atoms with Gasteiger partial charge in [0.05, 0.1) is 0 Å². The highest BCUT2D eigenvalue weighted by Crippen LogP contribution is 2.13. The van der Waals surface area contributed by atoms with E-state index in [1.54, 1.807) is 19.1 Å². The second kappa shape index (κ2) is 7.59. The topological polar surface area (TPSA) is 38.3 Å². The molecule has 0 saturated heterocycles. The van der Waals surface area contributed by atoms with Gasteiger partial charge in [-0.05, 0) is 50.1 Å². The minimum atomic E-state index is -0.559. The first kappa shape index (κ1) is 16.0. The Morgan fingerprint density at radius 3 is 2.41 bits per heavy atom. The number of nitrogens with one attached hydrogen (secondary N) is 1. The first-order chi connectivity index (χ1) is 10.5. The zero-order valence-corrected chi connectivity index (χ0v) is 12.8. The predicted molar refractivity (Wildman–Crippen MR) is 84.4 cm³/mol. The van der Waals surface area contributed by atoms with Gasteiger partial charge in [0.25, 0.3) is 5.91 Å². The lowest BCUT2D eigenvalue weighted by Crippen LogP contribution is -2.37. The van der Waals surface area contributed by atoms with Gasteiger partial charge in [-0.3, -0.25) is 4.79 Å². The van der Waals surface area contributed by atoms with E-state index in [2.05, 4.69) is 5.32 Å². The van der Waals surface area contributed by atoms with Crippen LogP contribution in [-0.2, 0) is 11.2 Å². The van der Waals surface area contributed by atoms with Crippen molar-refractivity contribution in [2.24, 2.45) is 0 Å². The summed E-state index contributed by atoms with van der Waals surface area (Å²) in [4.78, 5) is 12.0. The summed E-state index contributed by atoms with van der Waals surface area (Å²) < 4.78 is 18.4. The smallest absolute Gasteiger partial charge is 0.260 e. The molecule has 0 aliphatic carbocycles. The number of hydrogen-bond acceptors (Lipinski definition) is 2. The third kappa shape index (κ3) is 4.88. The Kier molecular flexibility index (Phi) is 5.53. The Hall–Kier alpha value is -2.36. The molecule has 0 radical (unpaired) electrons. The maximum Gasteiger partial charge on any atom is 0.260 e. The third-order valence-corrected chi connectivity index (χ3v) is 3.33. The van der Waals surface area contributed by atoms with Crippen molar-refractivity contribution in [3.63, 3.8) is 0 Å². The fraction of sp³-hybridized carbons (Fsp3) is 0.278. The molecule has 0 fully saturated rings. The highest BCUT2D eigenvalue weighted by molar-refractivity contribution is 5.80. The van der Waals surface area contributed by atoms with Gasteiger partial charge in [-0.25, -0.2) is 4.39 Å². The summed E-state index contributed by atoms with van der Waals surface area (Å²) in [7, 11) is 0. The van der Waals surface area contributed by atoms with Crippen molar-refractivity contribution in [2.75, 3.05) is 6.54 Å². The van der Waals surface area contributed by atoms with E-state index in [-0.39, 0.29) is 11.7 Å². The highest BCUT2D eigenvalue weighted by Gasteiger charge is 2.13. The van der Waals surface area contributed by atoms with Crippen LogP contribution in [0.2, 0.25) is 0 Å². The number of ether oxygens (including phenoxy) is 1. The summed E-state index contributed by atoms with van der Waals surface area (Å²) in [5, 5.41) is 2.82. The second-order valence-corrected chi connectivity index (χ2v) is 5.24. The molecule has 2 aromatic rings. The summed E-state index contributed by atoms with van der Waals surface area (Å²) in [6.07, 6.45) is 0.0967. The second-order valence-electron chi connectivity index (χ2n) is 5.24. The molecular formula is C18H20FNO2. The van der Waals surface area contributed by atoms with Crippen LogP contribution in [0.3, 0.4) is 0 Å². The Labute approximate surface area is 130 Å². The van der Waals surface area contributed by atoms with E-state index < -0.39 is 6.10 Å². The number of benzene rings is 2. The van der Waals surface area contributed by atoms with Gasteiger partial charge >= 0.3 is 0 Å². The maximum atomic E-state index is 12.8. The van der Waals surface area contributed by atoms with Crippen LogP contribution >= 0.6 is 0 Å². The third-order valence-electron chi connectivity index (χ3n) is 3.33. The minimum Gasteiger partial charge on any atom is -0.481 e. The number of halogens is 1. The Morgan fingerprint density at radius 1 is 1.14 bits per heavy atom. The zero-order valence-electron chi connectivity index (χ0n) is 12.8. The largest absolute Gasteiger partial charge is 0.481 e. The first-order valence-corrected chi connectivity index (χ1v) is 7.30. The molecule has 0 spiro atoms. The quantitative estimate of drug-likeness (QED) is 0.889. The fourth-order valence-electron chi connectivity index (χ4n) is 2.00. The molecule has 3 nitrogen and oxygen atoms in total. The van der Waals surface area contributed by atoms with Crippen LogP contribution in [0.1, 0.15) is 18.1 Å². The van der Waals surface area contributed by atoms with Crippen molar-refractivity contribution in [1.82, 2.24) is 5.32 Å². The van der Waals surface area contributed by atoms with Gasteiger partial charge in [0.2, 0.25) is 0 Å². The van der Waals surface area contributed by atoms with E-state index >= 15 is 0 Å². The van der Waals surface area contributed by atoms with E-state index in [1.165, 1.54) is 12.1 Å². The predicted octanol–water partition coefficient (Wildman–Crippen LogP) is 3.26. The van der Waals surface area contributed by atoms with Crippen LogP contribution < -0.4 is 10.1 Å². The van der Waals surface area contributed by atoms with Crippen LogP contribution in [-0.4, -0.2) is 18.6 Å². The standard InChI is InChI=1S/C18H20FNO2/c1-13-3-9-17(10-4-13)22-14(2)18(21)20-12-11-15-5-7-16(19)8-6-15/h3-10,14H,11-12H2,1-2H3,(H,20,21). The van der Waals surface area contributed by atoms with E-state index in [0.29, 0.717) is 18.7 Å². The molecule has 1 unspecified atom stereocenters. The Bertz CT molecular complexity index is 608. The lowest BCUT2D eigenvalue weighted by atomic mass is 10.1. The molecule has 0 aromatic heterocycles. The lowest BCUT2D eigenvalue weighted by Gasteiger charge is -2.15. The van der Waals surface area contributed by atoms with Crippen molar-refractivity contribution in [2.45, 2.75) is 26.4 Å². The molecule has 0 aliphatic rings. The number of hydrogen-bond donors (Lipinski definition) is 1. The van der Waals surface area contributed by atoms with Gasteiger partial charge in [0.1, 0.15) is 11.6 Å². The molecular weight excluding hydrogens is 281 g/mol. The van der Waals surface area contributed by atoms with Crippen LogP contribution in [0, 0.1) is 12.7 Å². The zero-order chi connectivity index (χ0) is 15.9. The maximum absolute atomic E-state index is 12.8. The average molecular weight is 301 g/mol. The SMILES string of the molecule is Cc1ccc(OC(C)C(=O)NCCc2ccc(F)cc2)cc1. The van der Waals surface area contributed by atoms with Crippen LogP contribution in [0.25, 0.3) is 0 Å². The molecule has 116 valence electrons. The summed E-state index contributed by atoms with van der Waals surface area (Å²) >= 11 is 0. The van der Waals surface area contributed by atoms with Crippen LogP contribution in [0.4, 0.5) is 4.39 Å². The summed E-state index contributed by atoms with van der Waals surface area (Å²) in [6, 6.07) is 13.8.